The van der Waals surface area contributed by atoms with Crippen LogP contribution in [0.4, 0.5) is 18.4 Å². The highest BCUT2D eigenvalue weighted by Gasteiger charge is 2.45. The number of carbonyl (C=O) groups is 4. The molecule has 3 aromatic carbocycles. The number of hydrogen-bond donors (Lipinski definition) is 5. The first-order valence-electron chi connectivity index (χ1n) is 21.2. The van der Waals surface area contributed by atoms with E-state index in [1.54, 1.807) is 34.2 Å². The standard InChI is InChI=1S/C46H52F2N8O6S/c1-25(2)41(54-44(60)62-5)42(58)56(29-9-10-30(63)19-29)23-39-51-35-13-8-27(18-36(35)52-39)26-6-11-31-32-12-7-28(17-34(32)46(47,48)33(31)16-26)37-20-49-38(53-37)22-55(24-45(3)14-15-45)40(57)21-50-43(59)61-4/h6-8,11-13,16-18,20,25,29-30,41,63H,9-10,14-15,19,21-24H2,1-5H3,(H,49,53)(H,50,59)(H,51,52)(H,54,60)/t29-,30+,41?/m1/s1. The van der Waals surface area contributed by atoms with Gasteiger partial charge in [-0.25, -0.2) is 19.6 Å². The molecule has 2 heterocycles. The maximum atomic E-state index is 16.5. The molecule has 0 bridgehead atoms. The monoisotopic (exact) mass is 882 g/mol. The molecule has 4 N–H and O–H groups in total. The highest BCUT2D eigenvalue weighted by Crippen LogP contribution is 2.53. The normalized spacial score (nSPS) is 18.4. The number of imidazole rings is 2. The van der Waals surface area contributed by atoms with Crippen molar-refractivity contribution in [1.29, 1.82) is 0 Å². The summed E-state index contributed by atoms with van der Waals surface area (Å²) in [4.78, 5) is 70.2. The molecule has 0 radical (unpaired) electrons. The molecular formula is C46H52F2N8O6S. The van der Waals surface area contributed by atoms with Crippen LogP contribution in [-0.2, 0) is 38.1 Å². The van der Waals surface area contributed by atoms with Crippen molar-refractivity contribution in [2.45, 2.75) is 89.2 Å². The van der Waals surface area contributed by atoms with E-state index in [1.165, 1.54) is 26.4 Å². The van der Waals surface area contributed by atoms with Gasteiger partial charge in [-0.2, -0.15) is 21.4 Å². The number of H-pyrrole nitrogens is 2. The number of halogens is 2. The SMILES string of the molecule is COC(=O)NCC(=O)N(Cc1ncc(-c2ccc3c(c2)C(F)(F)c2cc(-c4ccc5nc(CN(C(=O)C(NC(=O)OC)C(C)C)[C@@H]6CC[C@H](S)C6)[nH]c5c4)ccc2-3)[nH]1)CC1(C)CC1. The van der Waals surface area contributed by atoms with Crippen molar-refractivity contribution >= 4 is 47.7 Å². The molecule has 3 atom stereocenters. The van der Waals surface area contributed by atoms with E-state index in [-0.39, 0.29) is 65.2 Å². The summed E-state index contributed by atoms with van der Waals surface area (Å²) in [6.07, 6.45) is 4.51. The third-order valence-corrected chi connectivity index (χ3v) is 13.0. The second-order valence-corrected chi connectivity index (χ2v) is 18.3. The van der Waals surface area contributed by atoms with Crippen LogP contribution in [0.3, 0.4) is 0 Å². The van der Waals surface area contributed by atoms with Gasteiger partial charge in [-0.05, 0) is 90.0 Å². The Balaban J connectivity index is 1.00. The molecule has 3 aliphatic carbocycles. The molecule has 2 saturated carbocycles. The smallest absolute Gasteiger partial charge is 0.407 e. The molecule has 2 fully saturated rings. The number of fused-ring (bicyclic) bond motifs is 4. The fraction of sp³-hybridized carbons (Fsp3) is 0.435. The number of rotatable bonds is 14. The van der Waals surface area contributed by atoms with Crippen LogP contribution in [0.2, 0.25) is 0 Å². The topological polar surface area (TPSA) is 175 Å². The summed E-state index contributed by atoms with van der Waals surface area (Å²) in [5.41, 5.74) is 4.40. The highest BCUT2D eigenvalue weighted by atomic mass is 32.1. The van der Waals surface area contributed by atoms with Crippen LogP contribution in [0, 0.1) is 11.3 Å². The molecule has 4 amide bonds. The maximum absolute atomic E-state index is 16.5. The van der Waals surface area contributed by atoms with Crippen molar-refractivity contribution in [3.05, 3.63) is 83.6 Å². The summed E-state index contributed by atoms with van der Waals surface area (Å²) >= 11 is 4.67. The first-order chi connectivity index (χ1) is 30.0. The van der Waals surface area contributed by atoms with Gasteiger partial charge in [0.15, 0.2) is 0 Å². The molecule has 0 saturated heterocycles. The average Bonchev–Trinajstić information content (AvgIpc) is 3.66. The molecule has 5 aromatic rings. The van der Waals surface area contributed by atoms with Crippen LogP contribution in [0.1, 0.15) is 75.7 Å². The first-order valence-corrected chi connectivity index (χ1v) is 21.7. The van der Waals surface area contributed by atoms with Gasteiger partial charge in [0.25, 0.3) is 5.92 Å². The Morgan fingerprint density at radius 1 is 0.889 bits per heavy atom. The number of ether oxygens (including phenoxy) is 2. The second-order valence-electron chi connectivity index (χ2n) is 17.6. The molecule has 17 heteroatoms. The van der Waals surface area contributed by atoms with Gasteiger partial charge in [0.05, 0.1) is 50.2 Å². The van der Waals surface area contributed by atoms with Crippen LogP contribution in [0.15, 0.2) is 60.8 Å². The molecule has 332 valence electrons. The second kappa shape index (κ2) is 17.3. The zero-order valence-electron chi connectivity index (χ0n) is 35.9. The van der Waals surface area contributed by atoms with Crippen LogP contribution in [0.5, 0.6) is 0 Å². The summed E-state index contributed by atoms with van der Waals surface area (Å²) in [5, 5.41) is 5.29. The predicted octanol–water partition coefficient (Wildman–Crippen LogP) is 7.79. The number of hydrogen-bond acceptors (Lipinski definition) is 9. The van der Waals surface area contributed by atoms with E-state index >= 15 is 8.78 Å². The van der Waals surface area contributed by atoms with Crippen molar-refractivity contribution in [2.24, 2.45) is 11.3 Å². The number of methoxy groups -OCH3 is 2. The van der Waals surface area contributed by atoms with Gasteiger partial charge >= 0.3 is 12.2 Å². The molecule has 14 nitrogen and oxygen atoms in total. The minimum atomic E-state index is -3.29. The molecule has 63 heavy (non-hydrogen) atoms. The van der Waals surface area contributed by atoms with Crippen molar-refractivity contribution in [3.63, 3.8) is 0 Å². The lowest BCUT2D eigenvalue weighted by molar-refractivity contribution is -0.137. The number of benzene rings is 3. The molecule has 3 aliphatic rings. The Morgan fingerprint density at radius 3 is 2.21 bits per heavy atom. The van der Waals surface area contributed by atoms with Crippen molar-refractivity contribution in [3.8, 4) is 33.5 Å². The third kappa shape index (κ3) is 9.11. The first kappa shape index (κ1) is 43.7. The zero-order chi connectivity index (χ0) is 44.8. The molecule has 8 rings (SSSR count). The minimum absolute atomic E-state index is 0.00600. The number of aromatic nitrogens is 4. The van der Waals surface area contributed by atoms with Gasteiger partial charge in [0.1, 0.15) is 24.2 Å². The summed E-state index contributed by atoms with van der Waals surface area (Å²) in [5.74, 6) is -2.96. The molecule has 0 spiro atoms. The Kier molecular flexibility index (Phi) is 12.0. The predicted molar refractivity (Wildman–Crippen MR) is 236 cm³/mol. The van der Waals surface area contributed by atoms with Crippen molar-refractivity contribution < 1.29 is 37.4 Å². The number of alkyl carbamates (subject to hydrolysis) is 2. The Hall–Kier alpha value is -5.97. The zero-order valence-corrected chi connectivity index (χ0v) is 36.8. The summed E-state index contributed by atoms with van der Waals surface area (Å²) in [7, 11) is 2.49. The third-order valence-electron chi connectivity index (χ3n) is 12.6. The molecule has 0 aliphatic heterocycles. The van der Waals surface area contributed by atoms with Gasteiger partial charge in [0, 0.05) is 34.5 Å². The number of thiol groups is 1. The highest BCUT2D eigenvalue weighted by molar-refractivity contribution is 7.81. The Labute approximate surface area is 369 Å². The van der Waals surface area contributed by atoms with Gasteiger partial charge in [-0.1, -0.05) is 51.1 Å². The summed E-state index contributed by atoms with van der Waals surface area (Å²) in [6, 6.07) is 14.7. The number of nitrogens with zero attached hydrogens (tertiary/aromatic N) is 4. The van der Waals surface area contributed by atoms with E-state index in [4.69, 9.17) is 9.72 Å². The van der Waals surface area contributed by atoms with Crippen molar-refractivity contribution in [2.75, 3.05) is 27.3 Å². The molecule has 1 unspecified atom stereocenters. The average molecular weight is 883 g/mol. The summed E-state index contributed by atoms with van der Waals surface area (Å²) in [6.45, 7) is 6.43. The lowest BCUT2D eigenvalue weighted by Gasteiger charge is -2.33. The van der Waals surface area contributed by atoms with Gasteiger partial charge in [0.2, 0.25) is 11.8 Å². The fourth-order valence-corrected chi connectivity index (χ4v) is 9.09. The van der Waals surface area contributed by atoms with Crippen LogP contribution >= 0.6 is 12.6 Å². The lowest BCUT2D eigenvalue weighted by Crippen LogP contribution is -2.53. The maximum Gasteiger partial charge on any atom is 0.407 e. The van der Waals surface area contributed by atoms with Crippen molar-refractivity contribution in [1.82, 2.24) is 40.4 Å². The van der Waals surface area contributed by atoms with E-state index in [0.29, 0.717) is 69.2 Å². The number of carbonyl (C=O) groups excluding carboxylic acids is 4. The number of aromatic amines is 2. The van der Waals surface area contributed by atoms with E-state index < -0.39 is 24.2 Å². The minimum Gasteiger partial charge on any atom is -0.453 e. The number of amides is 4. The molecule has 2 aromatic heterocycles. The lowest BCUT2D eigenvalue weighted by atomic mass is 9.98. The number of nitrogens with one attached hydrogen (secondary N) is 4. The van der Waals surface area contributed by atoms with Crippen LogP contribution in [0.25, 0.3) is 44.5 Å². The van der Waals surface area contributed by atoms with E-state index in [2.05, 4.69) is 49.9 Å². The van der Waals surface area contributed by atoms with Crippen LogP contribution < -0.4 is 10.6 Å². The van der Waals surface area contributed by atoms with E-state index in [9.17, 15) is 19.2 Å². The number of alkyl halides is 2. The van der Waals surface area contributed by atoms with Gasteiger partial charge in [-0.15, -0.1) is 0 Å². The van der Waals surface area contributed by atoms with E-state index in [0.717, 1.165) is 25.7 Å². The van der Waals surface area contributed by atoms with E-state index in [1.807, 2.05) is 38.1 Å². The van der Waals surface area contributed by atoms with Crippen LogP contribution in [-0.4, -0.2) is 98.4 Å². The van der Waals surface area contributed by atoms with Gasteiger partial charge < -0.3 is 39.9 Å². The van der Waals surface area contributed by atoms with Gasteiger partial charge in [-0.3, -0.25) is 9.59 Å². The Morgan fingerprint density at radius 2 is 1.56 bits per heavy atom. The largest absolute Gasteiger partial charge is 0.453 e. The quantitative estimate of drug-likeness (QED) is 0.0703. The Bertz CT molecular complexity index is 2570. The summed E-state index contributed by atoms with van der Waals surface area (Å²) < 4.78 is 42.4. The fourth-order valence-electron chi connectivity index (χ4n) is 8.70. The molecular weight excluding hydrogens is 831 g/mol.